The van der Waals surface area contributed by atoms with Crippen LogP contribution in [0.1, 0.15) is 29.6 Å². The Balaban J connectivity index is 1.70. The maximum Gasteiger partial charge on any atom is 0.273 e. The molecule has 20 heavy (non-hydrogen) atoms. The fraction of sp³-hybridized carbons (Fsp3) is 0.714. The number of amides is 1. The first-order chi connectivity index (χ1) is 9.58. The van der Waals surface area contributed by atoms with Crippen molar-refractivity contribution in [1.29, 1.82) is 0 Å². The third kappa shape index (κ3) is 3.80. The highest BCUT2D eigenvalue weighted by atomic mass is 16.3. The molecule has 0 aliphatic carbocycles. The fourth-order valence-electron chi connectivity index (χ4n) is 2.45. The van der Waals surface area contributed by atoms with E-state index in [0.29, 0.717) is 24.0 Å². The minimum absolute atomic E-state index is 0.151. The number of rotatable bonds is 5. The van der Waals surface area contributed by atoms with E-state index in [4.69, 9.17) is 4.42 Å². The van der Waals surface area contributed by atoms with Gasteiger partial charge in [0.15, 0.2) is 12.1 Å². The lowest BCUT2D eigenvalue weighted by Crippen LogP contribution is -2.48. The molecular formula is C14H24N4O2. The van der Waals surface area contributed by atoms with Crippen molar-refractivity contribution in [1.82, 2.24) is 20.1 Å². The number of nitrogens with zero attached hydrogens (tertiary/aromatic N) is 3. The van der Waals surface area contributed by atoms with E-state index in [1.54, 1.807) is 6.92 Å². The number of piperazine rings is 1. The smallest absolute Gasteiger partial charge is 0.273 e. The molecule has 6 nitrogen and oxygen atoms in total. The molecular weight excluding hydrogens is 256 g/mol. The average molecular weight is 280 g/mol. The highest BCUT2D eigenvalue weighted by Gasteiger charge is 2.19. The first-order valence-corrected chi connectivity index (χ1v) is 7.19. The molecule has 1 fully saturated rings. The van der Waals surface area contributed by atoms with Gasteiger partial charge in [0.25, 0.3) is 5.91 Å². The Bertz CT molecular complexity index is 438. The van der Waals surface area contributed by atoms with Crippen molar-refractivity contribution in [3.05, 3.63) is 17.8 Å². The molecule has 1 atom stereocenters. The Morgan fingerprint density at radius 3 is 2.75 bits per heavy atom. The van der Waals surface area contributed by atoms with Crippen LogP contribution in [0.15, 0.2) is 10.8 Å². The lowest BCUT2D eigenvalue weighted by molar-refractivity contribution is 0.0929. The third-order valence-corrected chi connectivity index (χ3v) is 3.97. The predicted octanol–water partition coefficient (Wildman–Crippen LogP) is 0.739. The van der Waals surface area contributed by atoms with Gasteiger partial charge in [0, 0.05) is 38.8 Å². The third-order valence-electron chi connectivity index (χ3n) is 3.97. The van der Waals surface area contributed by atoms with Crippen LogP contribution in [-0.2, 0) is 0 Å². The van der Waals surface area contributed by atoms with Crippen molar-refractivity contribution in [3.8, 4) is 0 Å². The number of hydrogen-bond acceptors (Lipinski definition) is 5. The van der Waals surface area contributed by atoms with Crippen LogP contribution in [0.2, 0.25) is 0 Å². The van der Waals surface area contributed by atoms with Crippen LogP contribution in [0.5, 0.6) is 0 Å². The molecule has 0 bridgehead atoms. The Morgan fingerprint density at radius 1 is 1.45 bits per heavy atom. The number of nitrogens with one attached hydrogen (secondary N) is 1. The molecule has 1 aliphatic heterocycles. The molecule has 1 aromatic heterocycles. The van der Waals surface area contributed by atoms with Crippen molar-refractivity contribution >= 4 is 5.91 Å². The molecule has 0 spiro atoms. The van der Waals surface area contributed by atoms with E-state index in [1.807, 2.05) is 0 Å². The van der Waals surface area contributed by atoms with Crippen LogP contribution in [-0.4, -0.2) is 66.5 Å². The van der Waals surface area contributed by atoms with E-state index in [1.165, 1.54) is 6.39 Å². The molecule has 1 amide bonds. The maximum atomic E-state index is 11.9. The quantitative estimate of drug-likeness (QED) is 0.862. The SMILES string of the molecule is Cc1ocnc1C(=O)NCCC(C)N1CCN(C)CC1. The second kappa shape index (κ2) is 6.85. The summed E-state index contributed by atoms with van der Waals surface area (Å²) in [5, 5.41) is 2.91. The van der Waals surface area contributed by atoms with Crippen LogP contribution in [0.4, 0.5) is 0 Å². The summed E-state index contributed by atoms with van der Waals surface area (Å²) in [4.78, 5) is 20.6. The van der Waals surface area contributed by atoms with Gasteiger partial charge in [-0.25, -0.2) is 4.98 Å². The molecule has 0 aromatic carbocycles. The van der Waals surface area contributed by atoms with E-state index in [2.05, 4.69) is 34.1 Å². The normalized spacial score (nSPS) is 18.9. The first-order valence-electron chi connectivity index (χ1n) is 7.19. The van der Waals surface area contributed by atoms with Gasteiger partial charge in [0.05, 0.1) is 0 Å². The summed E-state index contributed by atoms with van der Waals surface area (Å²) in [7, 11) is 2.16. The van der Waals surface area contributed by atoms with Crippen molar-refractivity contribution < 1.29 is 9.21 Å². The number of oxazole rings is 1. The highest BCUT2D eigenvalue weighted by molar-refractivity contribution is 5.92. The molecule has 6 heteroatoms. The van der Waals surface area contributed by atoms with Gasteiger partial charge in [-0.2, -0.15) is 0 Å². The van der Waals surface area contributed by atoms with E-state index >= 15 is 0 Å². The van der Waals surface area contributed by atoms with Gasteiger partial charge < -0.3 is 14.6 Å². The van der Waals surface area contributed by atoms with Crippen molar-refractivity contribution in [2.45, 2.75) is 26.3 Å². The van der Waals surface area contributed by atoms with E-state index in [-0.39, 0.29) is 5.91 Å². The second-order valence-corrected chi connectivity index (χ2v) is 5.49. The summed E-state index contributed by atoms with van der Waals surface area (Å²) in [6.07, 6.45) is 2.25. The van der Waals surface area contributed by atoms with Gasteiger partial charge in [0.2, 0.25) is 0 Å². The molecule has 1 aliphatic rings. The number of carbonyl (C=O) groups excluding carboxylic acids is 1. The van der Waals surface area contributed by atoms with Crippen LogP contribution < -0.4 is 5.32 Å². The fourth-order valence-corrected chi connectivity index (χ4v) is 2.45. The molecule has 2 heterocycles. The molecule has 0 saturated carbocycles. The van der Waals surface area contributed by atoms with Gasteiger partial charge in [0.1, 0.15) is 5.76 Å². The van der Waals surface area contributed by atoms with E-state index in [9.17, 15) is 4.79 Å². The summed E-state index contributed by atoms with van der Waals surface area (Å²) in [6.45, 7) is 9.08. The highest BCUT2D eigenvalue weighted by Crippen LogP contribution is 2.08. The standard InChI is InChI=1S/C14H24N4O2/c1-11(18-8-6-17(3)7-9-18)4-5-15-14(19)13-12(2)20-10-16-13/h10-11H,4-9H2,1-3H3,(H,15,19). The Hall–Kier alpha value is -1.40. The lowest BCUT2D eigenvalue weighted by Gasteiger charge is -2.36. The molecule has 0 radical (unpaired) electrons. The minimum atomic E-state index is -0.151. The summed E-state index contributed by atoms with van der Waals surface area (Å²) in [5.41, 5.74) is 0.386. The topological polar surface area (TPSA) is 61.6 Å². The van der Waals surface area contributed by atoms with Crippen molar-refractivity contribution in [2.75, 3.05) is 39.8 Å². The molecule has 112 valence electrons. The summed E-state index contributed by atoms with van der Waals surface area (Å²) >= 11 is 0. The van der Waals surface area contributed by atoms with Crippen LogP contribution in [0, 0.1) is 6.92 Å². The summed E-state index contributed by atoms with van der Waals surface area (Å²) in [6, 6.07) is 0.488. The first kappa shape index (κ1) is 15.0. The summed E-state index contributed by atoms with van der Waals surface area (Å²) < 4.78 is 5.03. The van der Waals surface area contributed by atoms with E-state index < -0.39 is 0 Å². The van der Waals surface area contributed by atoms with Crippen LogP contribution in [0.25, 0.3) is 0 Å². The zero-order valence-corrected chi connectivity index (χ0v) is 12.6. The predicted molar refractivity (Wildman–Crippen MR) is 76.7 cm³/mol. The van der Waals surface area contributed by atoms with Gasteiger partial charge in [-0.3, -0.25) is 9.69 Å². The zero-order valence-electron chi connectivity index (χ0n) is 12.6. The number of hydrogen-bond donors (Lipinski definition) is 1. The number of carbonyl (C=O) groups is 1. The van der Waals surface area contributed by atoms with Crippen LogP contribution in [0.3, 0.4) is 0 Å². The van der Waals surface area contributed by atoms with Crippen molar-refractivity contribution in [2.24, 2.45) is 0 Å². The number of likely N-dealkylation sites (N-methyl/N-ethyl adjacent to an activating group) is 1. The van der Waals surface area contributed by atoms with Gasteiger partial charge in [-0.1, -0.05) is 0 Å². The zero-order chi connectivity index (χ0) is 14.5. The minimum Gasteiger partial charge on any atom is -0.448 e. The maximum absolute atomic E-state index is 11.9. The summed E-state index contributed by atoms with van der Waals surface area (Å²) in [5.74, 6) is 0.413. The largest absolute Gasteiger partial charge is 0.448 e. The molecule has 1 aromatic rings. The van der Waals surface area contributed by atoms with E-state index in [0.717, 1.165) is 32.6 Å². The Kier molecular flexibility index (Phi) is 5.14. The molecule has 2 rings (SSSR count). The Labute approximate surface area is 120 Å². The Morgan fingerprint density at radius 2 is 2.15 bits per heavy atom. The second-order valence-electron chi connectivity index (χ2n) is 5.49. The monoisotopic (exact) mass is 280 g/mol. The van der Waals surface area contributed by atoms with Gasteiger partial charge >= 0.3 is 0 Å². The molecule has 1 saturated heterocycles. The number of aromatic nitrogens is 1. The van der Waals surface area contributed by atoms with Crippen LogP contribution >= 0.6 is 0 Å². The lowest BCUT2D eigenvalue weighted by atomic mass is 10.1. The van der Waals surface area contributed by atoms with Gasteiger partial charge in [-0.15, -0.1) is 0 Å². The van der Waals surface area contributed by atoms with Gasteiger partial charge in [-0.05, 0) is 27.3 Å². The van der Waals surface area contributed by atoms with Crippen molar-refractivity contribution in [3.63, 3.8) is 0 Å². The average Bonchev–Trinajstić information content (AvgIpc) is 2.85. The molecule has 1 N–H and O–H groups in total. The molecule has 1 unspecified atom stereocenters. The number of aryl methyl sites for hydroxylation is 1.